The highest BCUT2D eigenvalue weighted by Crippen LogP contribution is 2.29. The lowest BCUT2D eigenvalue weighted by molar-refractivity contribution is -0.137. The lowest BCUT2D eigenvalue weighted by Crippen LogP contribution is -2.49. The van der Waals surface area contributed by atoms with Crippen LogP contribution in [-0.2, 0) is 4.79 Å². The lowest BCUT2D eigenvalue weighted by atomic mass is 10.0. The molecule has 2 N–H and O–H groups in total. The molecule has 4 heteroatoms. The first-order valence-electron chi connectivity index (χ1n) is 5.72. The van der Waals surface area contributed by atoms with Crippen LogP contribution in [0, 0.1) is 6.92 Å². The van der Waals surface area contributed by atoms with Crippen LogP contribution in [0.25, 0.3) is 0 Å². The van der Waals surface area contributed by atoms with E-state index in [9.17, 15) is 4.79 Å². The standard InChI is InChI=1S/C12H18N2OS/c1-8-5-6-11(16-8)9(2)14-7-3-4-10(13)12(14)15/h5-6,9-10H,3-4,7,13H2,1-2H3. The van der Waals surface area contributed by atoms with E-state index < -0.39 is 0 Å². The smallest absolute Gasteiger partial charge is 0.240 e. The van der Waals surface area contributed by atoms with E-state index in [-0.39, 0.29) is 18.0 Å². The Bertz CT molecular complexity index is 388. The Hall–Kier alpha value is -0.870. The normalized spacial score (nSPS) is 23.6. The van der Waals surface area contributed by atoms with Gasteiger partial charge in [-0.3, -0.25) is 4.79 Å². The minimum atomic E-state index is -0.294. The van der Waals surface area contributed by atoms with E-state index in [0.29, 0.717) is 0 Å². The van der Waals surface area contributed by atoms with Crippen molar-refractivity contribution < 1.29 is 4.79 Å². The lowest BCUT2D eigenvalue weighted by Gasteiger charge is -2.34. The van der Waals surface area contributed by atoms with E-state index in [1.807, 2.05) is 4.90 Å². The third-order valence-electron chi connectivity index (χ3n) is 3.15. The number of carbonyl (C=O) groups is 1. The van der Waals surface area contributed by atoms with Gasteiger partial charge in [0.2, 0.25) is 5.91 Å². The number of carbonyl (C=O) groups excluding carboxylic acids is 1. The summed E-state index contributed by atoms with van der Waals surface area (Å²) in [6, 6.07) is 4.08. The Balaban J connectivity index is 2.14. The summed E-state index contributed by atoms with van der Waals surface area (Å²) in [6.45, 7) is 5.01. The van der Waals surface area contributed by atoms with Gasteiger partial charge in [-0.15, -0.1) is 11.3 Å². The van der Waals surface area contributed by atoms with Crippen LogP contribution in [0.1, 0.15) is 35.6 Å². The van der Waals surface area contributed by atoms with E-state index in [1.54, 1.807) is 11.3 Å². The van der Waals surface area contributed by atoms with Crippen LogP contribution < -0.4 is 5.73 Å². The molecule has 0 aromatic carbocycles. The largest absolute Gasteiger partial charge is 0.334 e. The molecule has 2 unspecified atom stereocenters. The van der Waals surface area contributed by atoms with Crippen LogP contribution in [0.4, 0.5) is 0 Å². The zero-order valence-corrected chi connectivity index (χ0v) is 10.6. The Morgan fingerprint density at radius 3 is 2.94 bits per heavy atom. The molecule has 1 aromatic rings. The molecule has 1 aliphatic heterocycles. The van der Waals surface area contributed by atoms with Gasteiger partial charge < -0.3 is 10.6 Å². The fourth-order valence-corrected chi connectivity index (χ4v) is 3.09. The van der Waals surface area contributed by atoms with Gasteiger partial charge >= 0.3 is 0 Å². The van der Waals surface area contributed by atoms with Crippen molar-refractivity contribution >= 4 is 17.2 Å². The molecule has 3 nitrogen and oxygen atoms in total. The van der Waals surface area contributed by atoms with Gasteiger partial charge in [-0.25, -0.2) is 0 Å². The second-order valence-electron chi connectivity index (χ2n) is 4.40. The number of thiophene rings is 1. The number of aryl methyl sites for hydroxylation is 1. The van der Waals surface area contributed by atoms with Crippen LogP contribution in [0.15, 0.2) is 12.1 Å². The molecule has 2 rings (SSSR count). The summed E-state index contributed by atoms with van der Waals surface area (Å²) < 4.78 is 0. The molecular formula is C12H18N2OS. The Labute approximate surface area is 100 Å². The van der Waals surface area contributed by atoms with Crippen LogP contribution in [-0.4, -0.2) is 23.4 Å². The highest BCUT2D eigenvalue weighted by Gasteiger charge is 2.30. The number of hydrogen-bond donors (Lipinski definition) is 1. The molecule has 0 radical (unpaired) electrons. The van der Waals surface area contributed by atoms with E-state index in [4.69, 9.17) is 5.73 Å². The molecule has 0 spiro atoms. The van der Waals surface area contributed by atoms with E-state index in [0.717, 1.165) is 19.4 Å². The molecule has 2 atom stereocenters. The number of likely N-dealkylation sites (tertiary alicyclic amines) is 1. The van der Waals surface area contributed by atoms with Gasteiger partial charge in [0.05, 0.1) is 12.1 Å². The second-order valence-corrected chi connectivity index (χ2v) is 5.72. The van der Waals surface area contributed by atoms with Crippen molar-refractivity contribution in [2.24, 2.45) is 5.73 Å². The predicted octanol–water partition coefficient (Wildman–Crippen LogP) is 2.07. The number of nitrogens with zero attached hydrogens (tertiary/aromatic N) is 1. The molecule has 0 saturated carbocycles. The molecule has 88 valence electrons. The van der Waals surface area contributed by atoms with Crippen LogP contribution >= 0.6 is 11.3 Å². The van der Waals surface area contributed by atoms with Crippen molar-refractivity contribution in [2.45, 2.75) is 38.8 Å². The van der Waals surface area contributed by atoms with E-state index >= 15 is 0 Å². The number of rotatable bonds is 2. The molecule has 1 amide bonds. The molecule has 16 heavy (non-hydrogen) atoms. The summed E-state index contributed by atoms with van der Waals surface area (Å²) in [6.07, 6.45) is 1.84. The third kappa shape index (κ3) is 2.13. The van der Waals surface area contributed by atoms with Crippen LogP contribution in [0.5, 0.6) is 0 Å². The number of nitrogens with two attached hydrogens (primary N) is 1. The zero-order chi connectivity index (χ0) is 11.7. The third-order valence-corrected chi connectivity index (χ3v) is 4.33. The van der Waals surface area contributed by atoms with Crippen molar-refractivity contribution in [2.75, 3.05) is 6.54 Å². The Morgan fingerprint density at radius 2 is 2.31 bits per heavy atom. The Morgan fingerprint density at radius 1 is 1.56 bits per heavy atom. The van der Waals surface area contributed by atoms with Gasteiger partial charge in [0.15, 0.2) is 0 Å². The summed E-state index contributed by atoms with van der Waals surface area (Å²) in [5, 5.41) is 0. The number of piperidine rings is 1. The van der Waals surface area contributed by atoms with Gasteiger partial charge in [0.1, 0.15) is 0 Å². The van der Waals surface area contributed by atoms with E-state index in [2.05, 4.69) is 26.0 Å². The quantitative estimate of drug-likeness (QED) is 0.857. The van der Waals surface area contributed by atoms with Gasteiger partial charge in [0, 0.05) is 16.3 Å². The Kier molecular flexibility index (Phi) is 3.30. The van der Waals surface area contributed by atoms with Crippen molar-refractivity contribution in [1.82, 2.24) is 4.90 Å². The molecule has 1 aromatic heterocycles. The van der Waals surface area contributed by atoms with Crippen LogP contribution in [0.2, 0.25) is 0 Å². The van der Waals surface area contributed by atoms with Crippen molar-refractivity contribution in [3.63, 3.8) is 0 Å². The molecule has 0 aliphatic carbocycles. The highest BCUT2D eigenvalue weighted by atomic mass is 32.1. The molecule has 1 fully saturated rings. The van der Waals surface area contributed by atoms with Crippen molar-refractivity contribution in [3.05, 3.63) is 21.9 Å². The first-order chi connectivity index (χ1) is 7.59. The fraction of sp³-hybridized carbons (Fsp3) is 0.583. The zero-order valence-electron chi connectivity index (χ0n) is 9.77. The maximum atomic E-state index is 12.0. The van der Waals surface area contributed by atoms with Crippen molar-refractivity contribution in [1.29, 1.82) is 0 Å². The first-order valence-corrected chi connectivity index (χ1v) is 6.53. The minimum absolute atomic E-state index is 0.102. The first kappa shape index (κ1) is 11.6. The van der Waals surface area contributed by atoms with E-state index in [1.165, 1.54) is 9.75 Å². The predicted molar refractivity (Wildman–Crippen MR) is 66.4 cm³/mol. The molecule has 2 heterocycles. The summed E-state index contributed by atoms with van der Waals surface area (Å²) in [7, 11) is 0. The molecule has 0 bridgehead atoms. The number of amides is 1. The average molecular weight is 238 g/mol. The summed E-state index contributed by atoms with van der Waals surface area (Å²) in [4.78, 5) is 16.4. The summed E-state index contributed by atoms with van der Waals surface area (Å²) in [5.74, 6) is 0.102. The summed E-state index contributed by atoms with van der Waals surface area (Å²) in [5.41, 5.74) is 5.80. The van der Waals surface area contributed by atoms with Crippen LogP contribution in [0.3, 0.4) is 0 Å². The van der Waals surface area contributed by atoms with Gasteiger partial charge in [0.25, 0.3) is 0 Å². The van der Waals surface area contributed by atoms with Crippen molar-refractivity contribution in [3.8, 4) is 0 Å². The second kappa shape index (κ2) is 4.55. The molecular weight excluding hydrogens is 220 g/mol. The topological polar surface area (TPSA) is 46.3 Å². The number of hydrogen-bond acceptors (Lipinski definition) is 3. The summed E-state index contributed by atoms with van der Waals surface area (Å²) >= 11 is 1.76. The SMILES string of the molecule is Cc1ccc(C(C)N2CCCC(N)C2=O)s1. The van der Waals surface area contributed by atoms with Gasteiger partial charge in [-0.1, -0.05) is 0 Å². The fourth-order valence-electron chi connectivity index (χ4n) is 2.14. The highest BCUT2D eigenvalue weighted by molar-refractivity contribution is 7.12. The molecule has 1 saturated heterocycles. The average Bonchev–Trinajstić information content (AvgIpc) is 2.68. The van der Waals surface area contributed by atoms with Gasteiger partial charge in [-0.2, -0.15) is 0 Å². The maximum absolute atomic E-state index is 12.0. The van der Waals surface area contributed by atoms with Gasteiger partial charge in [-0.05, 0) is 38.8 Å². The minimum Gasteiger partial charge on any atom is -0.334 e. The molecule has 1 aliphatic rings. The maximum Gasteiger partial charge on any atom is 0.240 e. The monoisotopic (exact) mass is 238 g/mol.